The number of morpholine rings is 2. The molecule has 4 aromatic rings. The summed E-state index contributed by atoms with van der Waals surface area (Å²) in [7, 11) is 0. The second kappa shape index (κ2) is 26.6. The lowest BCUT2D eigenvalue weighted by molar-refractivity contribution is 0.0186. The molecule has 0 bridgehead atoms. The van der Waals surface area contributed by atoms with E-state index in [2.05, 4.69) is 98.1 Å². The summed E-state index contributed by atoms with van der Waals surface area (Å²) in [6.45, 7) is 13.6. The molecule has 4 saturated heterocycles. The summed E-state index contributed by atoms with van der Waals surface area (Å²) in [6, 6.07) is 41.6. The van der Waals surface area contributed by atoms with E-state index in [-0.39, 0.29) is 45.3 Å². The van der Waals surface area contributed by atoms with Gasteiger partial charge in [-0.3, -0.25) is 19.6 Å². The Balaban J connectivity index is 0.000000227. The maximum atomic E-state index is 12.4. The van der Waals surface area contributed by atoms with Gasteiger partial charge in [0, 0.05) is 65.4 Å². The van der Waals surface area contributed by atoms with Crippen LogP contribution in [0, 0.1) is 0 Å². The van der Waals surface area contributed by atoms with Gasteiger partial charge in [-0.1, -0.05) is 129 Å². The average molecular weight is 829 g/mol. The number of nitrogens with one attached hydrogen (secondary N) is 2. The number of alkyl carbamates (subject to hydrolysis) is 1. The molecule has 0 aliphatic carbocycles. The molecule has 8 rings (SSSR count). The van der Waals surface area contributed by atoms with Gasteiger partial charge in [0.05, 0.1) is 46.2 Å². The molecule has 4 aromatic carbocycles. The van der Waals surface area contributed by atoms with Crippen molar-refractivity contribution in [3.8, 4) is 0 Å². The van der Waals surface area contributed by atoms with Crippen LogP contribution in [0.3, 0.4) is 0 Å². The molecule has 13 heteroatoms. The third kappa shape index (κ3) is 17.3. The third-order valence-electron chi connectivity index (χ3n) is 9.94. The van der Waals surface area contributed by atoms with E-state index >= 15 is 0 Å². The van der Waals surface area contributed by atoms with Crippen molar-refractivity contribution in [2.75, 3.05) is 85.5 Å². The molecule has 4 aliphatic heterocycles. The van der Waals surface area contributed by atoms with Gasteiger partial charge in [-0.2, -0.15) is 13.5 Å². The van der Waals surface area contributed by atoms with E-state index in [0.29, 0.717) is 19.8 Å². The number of cyclic esters (lactones) is 2. The Bertz CT molecular complexity index is 1630. The molecule has 4 fully saturated rings. The van der Waals surface area contributed by atoms with Crippen LogP contribution in [0.25, 0.3) is 0 Å². The SMILES string of the molecule is C.C1COCCN1.O=C1NC[C@@H](CN(Cc2ccccc2)Cc2ccccc2)O1.O=C1O[C@H](CN(Cc2ccccc2)Cc2ccccc2)CN1CN1CCOCC1.S. The summed E-state index contributed by atoms with van der Waals surface area (Å²) in [5, 5.41) is 5.87. The highest BCUT2D eigenvalue weighted by atomic mass is 32.1. The predicted molar refractivity (Wildman–Crippen MR) is 237 cm³/mol. The Morgan fingerprint density at radius 3 is 1.37 bits per heavy atom. The van der Waals surface area contributed by atoms with Gasteiger partial charge in [0.15, 0.2) is 0 Å². The van der Waals surface area contributed by atoms with Crippen LogP contribution in [-0.4, -0.2) is 129 Å². The monoisotopic (exact) mass is 828 g/mol. The first-order chi connectivity index (χ1) is 28.1. The van der Waals surface area contributed by atoms with E-state index in [4.69, 9.17) is 18.9 Å². The zero-order valence-corrected chi connectivity index (χ0v) is 34.5. The molecule has 12 nitrogen and oxygen atoms in total. The van der Waals surface area contributed by atoms with Crippen LogP contribution in [0.5, 0.6) is 0 Å². The smallest absolute Gasteiger partial charge is 0.411 e. The molecule has 0 unspecified atom stereocenters. The quantitative estimate of drug-likeness (QED) is 0.159. The number of benzene rings is 4. The Kier molecular flexibility index (Phi) is 21.3. The largest absolute Gasteiger partial charge is 0.443 e. The first-order valence-corrected chi connectivity index (χ1v) is 20.1. The number of hydrogen-bond donors (Lipinski definition) is 2. The van der Waals surface area contributed by atoms with Gasteiger partial charge >= 0.3 is 12.2 Å². The number of carbonyl (C=O) groups is 2. The van der Waals surface area contributed by atoms with Crippen molar-refractivity contribution >= 4 is 25.7 Å². The number of nitrogens with zero attached hydrogens (tertiary/aromatic N) is 4. The van der Waals surface area contributed by atoms with Gasteiger partial charge < -0.3 is 29.6 Å². The number of carbonyl (C=O) groups excluding carboxylic acids is 2. The Hall–Kier alpha value is -4.47. The lowest BCUT2D eigenvalue weighted by atomic mass is 10.1. The summed E-state index contributed by atoms with van der Waals surface area (Å²) >= 11 is 0. The van der Waals surface area contributed by atoms with Crippen molar-refractivity contribution in [1.82, 2.24) is 30.2 Å². The molecular weight excluding hydrogens is 765 g/mol. The fourth-order valence-electron chi connectivity index (χ4n) is 7.13. The van der Waals surface area contributed by atoms with Crippen molar-refractivity contribution in [3.05, 3.63) is 144 Å². The lowest BCUT2D eigenvalue weighted by Crippen LogP contribution is -2.44. The van der Waals surface area contributed by atoms with Gasteiger partial charge in [-0.05, 0) is 22.3 Å². The molecule has 0 radical (unpaired) electrons. The van der Waals surface area contributed by atoms with E-state index in [1.807, 2.05) is 53.4 Å². The van der Waals surface area contributed by atoms with Gasteiger partial charge in [0.2, 0.25) is 0 Å². The zero-order valence-electron chi connectivity index (χ0n) is 33.5. The molecule has 2 amide bonds. The Morgan fingerprint density at radius 1 is 0.576 bits per heavy atom. The molecule has 2 N–H and O–H groups in total. The minimum atomic E-state index is -0.315. The minimum absolute atomic E-state index is 0. The summed E-state index contributed by atoms with van der Waals surface area (Å²) in [4.78, 5) is 32.3. The van der Waals surface area contributed by atoms with Crippen molar-refractivity contribution < 1.29 is 28.5 Å². The highest BCUT2D eigenvalue weighted by Gasteiger charge is 2.33. The van der Waals surface area contributed by atoms with Crippen LogP contribution >= 0.6 is 13.5 Å². The Labute approximate surface area is 358 Å². The second-order valence-corrected chi connectivity index (χ2v) is 14.7. The summed E-state index contributed by atoms with van der Waals surface area (Å²) in [6.07, 6.45) is -0.721. The molecule has 59 heavy (non-hydrogen) atoms. The number of ether oxygens (including phenoxy) is 4. The molecule has 4 heterocycles. The normalized spacial score (nSPS) is 18.8. The first kappa shape index (κ1) is 47.2. The third-order valence-corrected chi connectivity index (χ3v) is 9.94. The maximum Gasteiger partial charge on any atom is 0.411 e. The highest BCUT2D eigenvalue weighted by molar-refractivity contribution is 7.59. The van der Waals surface area contributed by atoms with Crippen LogP contribution in [0.15, 0.2) is 121 Å². The van der Waals surface area contributed by atoms with Crippen molar-refractivity contribution in [1.29, 1.82) is 0 Å². The van der Waals surface area contributed by atoms with Gasteiger partial charge in [0.25, 0.3) is 0 Å². The molecule has 0 aromatic heterocycles. The summed E-state index contributed by atoms with van der Waals surface area (Å²) < 4.78 is 21.4. The van der Waals surface area contributed by atoms with Crippen LogP contribution in [0.2, 0.25) is 0 Å². The number of amides is 2. The molecule has 320 valence electrons. The van der Waals surface area contributed by atoms with Gasteiger partial charge in [0.1, 0.15) is 12.2 Å². The number of rotatable bonds is 14. The zero-order chi connectivity index (χ0) is 39.3. The van der Waals surface area contributed by atoms with E-state index < -0.39 is 0 Å². The molecule has 0 spiro atoms. The summed E-state index contributed by atoms with van der Waals surface area (Å²) in [5.74, 6) is 0. The first-order valence-electron chi connectivity index (χ1n) is 20.1. The van der Waals surface area contributed by atoms with Crippen LogP contribution in [0.1, 0.15) is 29.7 Å². The van der Waals surface area contributed by atoms with Crippen LogP contribution < -0.4 is 10.6 Å². The maximum absolute atomic E-state index is 12.4. The van der Waals surface area contributed by atoms with Crippen molar-refractivity contribution in [2.45, 2.75) is 45.8 Å². The summed E-state index contributed by atoms with van der Waals surface area (Å²) in [5.41, 5.74) is 5.04. The fraction of sp³-hybridized carbons (Fsp3) is 0.435. The predicted octanol–water partition coefficient (Wildman–Crippen LogP) is 5.95. The van der Waals surface area contributed by atoms with Crippen molar-refractivity contribution in [2.24, 2.45) is 0 Å². The van der Waals surface area contributed by atoms with E-state index in [0.717, 1.165) is 91.9 Å². The second-order valence-electron chi connectivity index (χ2n) is 14.7. The average Bonchev–Trinajstić information content (AvgIpc) is 3.83. The van der Waals surface area contributed by atoms with Crippen LogP contribution in [-0.2, 0) is 45.1 Å². The highest BCUT2D eigenvalue weighted by Crippen LogP contribution is 2.18. The van der Waals surface area contributed by atoms with Gasteiger partial charge in [-0.25, -0.2) is 9.59 Å². The Morgan fingerprint density at radius 2 is 1.00 bits per heavy atom. The van der Waals surface area contributed by atoms with E-state index in [1.165, 1.54) is 22.3 Å². The molecule has 4 aliphatic rings. The lowest BCUT2D eigenvalue weighted by Gasteiger charge is -2.29. The number of hydrogen-bond acceptors (Lipinski definition) is 10. The van der Waals surface area contributed by atoms with E-state index in [1.54, 1.807) is 0 Å². The fourth-order valence-corrected chi connectivity index (χ4v) is 7.13. The van der Waals surface area contributed by atoms with Gasteiger partial charge in [-0.15, -0.1) is 0 Å². The minimum Gasteiger partial charge on any atom is -0.443 e. The molecule has 0 saturated carbocycles. The van der Waals surface area contributed by atoms with Crippen molar-refractivity contribution in [3.63, 3.8) is 0 Å². The van der Waals surface area contributed by atoms with E-state index in [9.17, 15) is 9.59 Å². The molecule has 2 atom stereocenters. The van der Waals surface area contributed by atoms with Crippen LogP contribution in [0.4, 0.5) is 9.59 Å². The molecular formula is C46H64N6O6S. The topological polar surface area (TPSA) is 108 Å². The standard InChI is InChI=1S/C23H29N3O3.C18H20N2O2.C4H9NO.CH4.H2S/c27-23-26(19-24-11-13-28-14-12-24)18-22(29-23)17-25(15-20-7-3-1-4-8-20)16-21-9-5-2-6-10-21;21-18-19-11-17(22-18)14-20(12-15-7-3-1-4-8-15)13-16-9-5-2-6-10-16;1-3-6-4-2-5-1;;/h1-10,22H,11-19H2;1-10,17H,11-14H2,(H,19,21);5H,1-4H2;1H4;1H2/t22-;17-;;;/m10.../s1.